The molecule has 1 aromatic carbocycles. The van der Waals surface area contributed by atoms with E-state index < -0.39 is 0 Å². The number of rotatable bonds is 0. The van der Waals surface area contributed by atoms with Gasteiger partial charge in [0.05, 0.1) is 0 Å². The van der Waals surface area contributed by atoms with Gasteiger partial charge in [0.15, 0.2) is 0 Å². The first-order valence-corrected chi connectivity index (χ1v) is 2.32. The Kier molecular flexibility index (Phi) is 9.49. The van der Waals surface area contributed by atoms with E-state index in [4.69, 9.17) is 0 Å². The van der Waals surface area contributed by atoms with Crippen molar-refractivity contribution in [3.63, 3.8) is 0 Å². The molecule has 1 rings (SSSR count). The summed E-state index contributed by atoms with van der Waals surface area (Å²) < 4.78 is 0. The molecule has 0 fully saturated rings. The minimum atomic E-state index is 0. The third kappa shape index (κ3) is 5.21. The summed E-state index contributed by atoms with van der Waals surface area (Å²) >= 11 is 0. The standard InChI is InChI=1S/C7H7.H3P.Y/c1-7-5-3-2-4-6-7;;/h3-6H,1H3;1H3;/q-1;;. The van der Waals surface area contributed by atoms with Gasteiger partial charge in [-0.25, -0.2) is 0 Å². The van der Waals surface area contributed by atoms with Gasteiger partial charge < -0.3 is 0 Å². The van der Waals surface area contributed by atoms with Crippen LogP contribution in [0.3, 0.4) is 0 Å². The van der Waals surface area contributed by atoms with Crippen molar-refractivity contribution in [2.24, 2.45) is 0 Å². The van der Waals surface area contributed by atoms with Gasteiger partial charge in [-0.3, -0.25) is 0 Å². The van der Waals surface area contributed by atoms with Crippen molar-refractivity contribution in [2.75, 3.05) is 0 Å². The van der Waals surface area contributed by atoms with Gasteiger partial charge in [-0.05, 0) is 0 Å². The van der Waals surface area contributed by atoms with Crippen molar-refractivity contribution in [1.29, 1.82) is 0 Å². The molecule has 9 heavy (non-hydrogen) atoms. The van der Waals surface area contributed by atoms with Crippen molar-refractivity contribution in [1.82, 2.24) is 0 Å². The second kappa shape index (κ2) is 6.87. The van der Waals surface area contributed by atoms with Crippen LogP contribution in [0, 0.1) is 13.0 Å². The average Bonchev–Trinajstić information content (AvgIpc) is 1.69. The van der Waals surface area contributed by atoms with Crippen molar-refractivity contribution < 1.29 is 32.7 Å². The van der Waals surface area contributed by atoms with Gasteiger partial charge in [0, 0.05) is 32.7 Å². The summed E-state index contributed by atoms with van der Waals surface area (Å²) in [6.07, 6.45) is 0. The van der Waals surface area contributed by atoms with E-state index in [0.717, 1.165) is 0 Å². The first-order valence-electron chi connectivity index (χ1n) is 2.32. The zero-order chi connectivity index (χ0) is 5.11. The summed E-state index contributed by atoms with van der Waals surface area (Å²) in [6, 6.07) is 10.8. The largest absolute Gasteiger partial charge is 0.184 e. The molecule has 0 aliphatic heterocycles. The topological polar surface area (TPSA) is 0 Å². The number of aryl methyl sites for hydroxylation is 1. The Morgan fingerprint density at radius 2 is 1.67 bits per heavy atom. The fraction of sp³-hybridized carbons (Fsp3) is 0.143. The van der Waals surface area contributed by atoms with Gasteiger partial charge in [-0.1, -0.05) is 6.92 Å². The van der Waals surface area contributed by atoms with E-state index >= 15 is 0 Å². The van der Waals surface area contributed by atoms with Crippen LogP contribution in [0.1, 0.15) is 5.56 Å². The smallest absolute Gasteiger partial charge is 0 e. The van der Waals surface area contributed by atoms with Gasteiger partial charge in [0.2, 0.25) is 0 Å². The number of hydrogen-bond donors (Lipinski definition) is 0. The second-order valence-corrected chi connectivity index (χ2v) is 1.58. The van der Waals surface area contributed by atoms with Crippen LogP contribution in [0.15, 0.2) is 24.3 Å². The van der Waals surface area contributed by atoms with Crippen LogP contribution >= 0.6 is 9.90 Å². The Hall–Kier alpha value is 0.754. The van der Waals surface area contributed by atoms with Crippen LogP contribution in [-0.4, -0.2) is 0 Å². The summed E-state index contributed by atoms with van der Waals surface area (Å²) in [5, 5.41) is 0. The van der Waals surface area contributed by atoms with Crippen LogP contribution in [0.5, 0.6) is 0 Å². The minimum Gasteiger partial charge on any atom is -0.184 e. The SMILES string of the molecule is Cc1cc[c-]cc1.P.[Y]. The van der Waals surface area contributed by atoms with Crippen molar-refractivity contribution in [3.05, 3.63) is 35.9 Å². The second-order valence-electron chi connectivity index (χ2n) is 1.58. The van der Waals surface area contributed by atoms with Gasteiger partial charge in [0.25, 0.3) is 0 Å². The summed E-state index contributed by atoms with van der Waals surface area (Å²) in [6.45, 7) is 2.06. The maximum atomic E-state index is 2.93. The van der Waals surface area contributed by atoms with Crippen molar-refractivity contribution in [3.8, 4) is 0 Å². The zero-order valence-electron chi connectivity index (χ0n) is 5.59. The van der Waals surface area contributed by atoms with Gasteiger partial charge in [-0.15, -0.1) is 0 Å². The van der Waals surface area contributed by atoms with Gasteiger partial charge in [0.1, 0.15) is 0 Å². The molecular weight excluding hydrogens is 204 g/mol. The predicted octanol–water partition coefficient (Wildman–Crippen LogP) is 1.85. The molecule has 47 valence electrons. The summed E-state index contributed by atoms with van der Waals surface area (Å²) in [5.41, 5.74) is 1.29. The molecule has 0 aliphatic carbocycles. The Morgan fingerprint density at radius 1 is 1.22 bits per heavy atom. The molecule has 0 saturated carbocycles. The van der Waals surface area contributed by atoms with Gasteiger partial charge >= 0.3 is 0 Å². The van der Waals surface area contributed by atoms with E-state index in [1.54, 1.807) is 0 Å². The zero-order valence-corrected chi connectivity index (χ0v) is 9.85. The van der Waals surface area contributed by atoms with E-state index in [1.807, 2.05) is 24.3 Å². The fourth-order valence-corrected chi connectivity index (χ4v) is 0.470. The van der Waals surface area contributed by atoms with E-state index in [1.165, 1.54) is 5.56 Å². The molecule has 1 atom stereocenters. The van der Waals surface area contributed by atoms with E-state index in [-0.39, 0.29) is 42.6 Å². The molecule has 0 amide bonds. The van der Waals surface area contributed by atoms with Crippen LogP contribution in [0.2, 0.25) is 0 Å². The first-order chi connectivity index (χ1) is 3.39. The maximum Gasteiger partial charge on any atom is 0 e. The van der Waals surface area contributed by atoms with Crippen molar-refractivity contribution in [2.45, 2.75) is 6.92 Å². The minimum absolute atomic E-state index is 0. The Morgan fingerprint density at radius 3 is 1.89 bits per heavy atom. The summed E-state index contributed by atoms with van der Waals surface area (Å²) in [5.74, 6) is 0. The van der Waals surface area contributed by atoms with Gasteiger partial charge in [-0.2, -0.15) is 45.8 Å². The molecule has 0 aliphatic rings. The van der Waals surface area contributed by atoms with Crippen LogP contribution in [0.25, 0.3) is 0 Å². The third-order valence-corrected chi connectivity index (χ3v) is 0.885. The maximum absolute atomic E-state index is 2.93. The monoisotopic (exact) mass is 214 g/mol. The number of hydrogen-bond acceptors (Lipinski definition) is 0. The average molecular weight is 214 g/mol. The summed E-state index contributed by atoms with van der Waals surface area (Å²) in [4.78, 5) is 0. The third-order valence-electron chi connectivity index (χ3n) is 0.885. The molecule has 1 unspecified atom stereocenters. The molecule has 0 nitrogen and oxygen atoms in total. The molecule has 0 aromatic heterocycles. The molecule has 1 radical (unpaired) electrons. The van der Waals surface area contributed by atoms with Crippen molar-refractivity contribution >= 4 is 9.90 Å². The molecule has 0 bridgehead atoms. The molecule has 0 spiro atoms. The predicted molar refractivity (Wildman–Crippen MR) is 41.1 cm³/mol. The Bertz CT molecular complexity index is 139. The normalized spacial score (nSPS) is 6.78. The van der Waals surface area contributed by atoms with Crippen LogP contribution < -0.4 is 0 Å². The molecule has 2 heteroatoms. The quantitative estimate of drug-likeness (QED) is 0.456. The van der Waals surface area contributed by atoms with Crippen LogP contribution in [0.4, 0.5) is 0 Å². The fourth-order valence-electron chi connectivity index (χ4n) is 0.470. The van der Waals surface area contributed by atoms with E-state index in [0.29, 0.717) is 0 Å². The molecular formula is C7H10PY-. The summed E-state index contributed by atoms with van der Waals surface area (Å²) in [7, 11) is 0. The van der Waals surface area contributed by atoms with E-state index in [9.17, 15) is 0 Å². The van der Waals surface area contributed by atoms with Crippen LogP contribution in [-0.2, 0) is 32.7 Å². The number of benzene rings is 1. The Balaban J connectivity index is 0. The molecule has 1 aromatic rings. The molecule has 0 saturated heterocycles. The van der Waals surface area contributed by atoms with E-state index in [2.05, 4.69) is 13.0 Å². The molecule has 0 heterocycles. The molecule has 0 N–H and O–H groups in total. The first kappa shape index (κ1) is 12.4. The Labute approximate surface area is 84.9 Å².